The van der Waals surface area contributed by atoms with Crippen molar-refractivity contribution in [2.45, 2.75) is 19.3 Å². The number of carbonyl (C=O) groups excluding carboxylic acids is 2. The lowest BCUT2D eigenvalue weighted by Crippen LogP contribution is -2.17. The number of amides is 1. The molecule has 1 aromatic carbocycles. The van der Waals surface area contributed by atoms with Crippen molar-refractivity contribution in [3.05, 3.63) is 47.4 Å². The van der Waals surface area contributed by atoms with Crippen LogP contribution in [0.2, 0.25) is 0 Å². The van der Waals surface area contributed by atoms with E-state index in [0.717, 1.165) is 6.42 Å². The van der Waals surface area contributed by atoms with Crippen molar-refractivity contribution in [2.75, 3.05) is 12.4 Å². The van der Waals surface area contributed by atoms with Gasteiger partial charge in [0, 0.05) is 18.5 Å². The Morgan fingerprint density at radius 2 is 2.00 bits per heavy atom. The molecule has 0 radical (unpaired) electrons. The van der Waals surface area contributed by atoms with E-state index >= 15 is 0 Å². The van der Waals surface area contributed by atoms with E-state index in [1.165, 1.54) is 6.26 Å². The standard InChI is InChI=1S/C16H15NO4/c1-20-11-7-5-10(6-8-11)17-16(19)12-9-21-14-4-2-3-13(18)15(12)14/h5-9H,2-4H2,1H3,(H,17,19). The van der Waals surface area contributed by atoms with Gasteiger partial charge in [-0.1, -0.05) is 0 Å². The van der Waals surface area contributed by atoms with Crippen LogP contribution in [0.15, 0.2) is 34.9 Å². The second-order valence-corrected chi connectivity index (χ2v) is 4.91. The fraction of sp³-hybridized carbons (Fsp3) is 0.250. The monoisotopic (exact) mass is 285 g/mol. The SMILES string of the molecule is COc1ccc(NC(=O)c2coc3c2C(=O)CCC3)cc1. The van der Waals surface area contributed by atoms with Gasteiger partial charge in [0.1, 0.15) is 17.8 Å². The van der Waals surface area contributed by atoms with Crippen molar-refractivity contribution in [1.29, 1.82) is 0 Å². The van der Waals surface area contributed by atoms with Crippen LogP contribution < -0.4 is 10.1 Å². The van der Waals surface area contributed by atoms with E-state index in [1.54, 1.807) is 31.4 Å². The number of hydrogen-bond donors (Lipinski definition) is 1. The van der Waals surface area contributed by atoms with Crippen molar-refractivity contribution in [3.8, 4) is 5.75 Å². The van der Waals surface area contributed by atoms with Gasteiger partial charge in [-0.2, -0.15) is 0 Å². The molecule has 1 amide bonds. The molecule has 2 aromatic rings. The van der Waals surface area contributed by atoms with Crippen LogP contribution in [0, 0.1) is 0 Å². The van der Waals surface area contributed by atoms with Gasteiger partial charge >= 0.3 is 0 Å². The van der Waals surface area contributed by atoms with Crippen molar-refractivity contribution >= 4 is 17.4 Å². The topological polar surface area (TPSA) is 68.5 Å². The summed E-state index contributed by atoms with van der Waals surface area (Å²) in [5.74, 6) is 0.972. The average Bonchev–Trinajstić information content (AvgIpc) is 2.93. The number of aryl methyl sites for hydroxylation is 1. The molecule has 0 spiro atoms. The summed E-state index contributed by atoms with van der Waals surface area (Å²) in [5, 5.41) is 2.76. The summed E-state index contributed by atoms with van der Waals surface area (Å²) < 4.78 is 10.4. The van der Waals surface area contributed by atoms with E-state index in [0.29, 0.717) is 41.2 Å². The highest BCUT2D eigenvalue weighted by atomic mass is 16.5. The highest BCUT2D eigenvalue weighted by Gasteiger charge is 2.27. The molecule has 0 bridgehead atoms. The van der Waals surface area contributed by atoms with Crippen LogP contribution in [0.25, 0.3) is 0 Å². The van der Waals surface area contributed by atoms with Crippen LogP contribution in [0.4, 0.5) is 5.69 Å². The van der Waals surface area contributed by atoms with Gasteiger partial charge in [-0.05, 0) is 30.7 Å². The lowest BCUT2D eigenvalue weighted by atomic mass is 9.94. The predicted molar refractivity (Wildman–Crippen MR) is 76.9 cm³/mol. The van der Waals surface area contributed by atoms with Gasteiger partial charge in [0.15, 0.2) is 5.78 Å². The molecular formula is C16H15NO4. The molecule has 1 aromatic heterocycles. The molecule has 108 valence electrons. The molecular weight excluding hydrogens is 270 g/mol. The van der Waals surface area contributed by atoms with Crippen LogP contribution in [0.1, 0.15) is 39.3 Å². The van der Waals surface area contributed by atoms with Gasteiger partial charge < -0.3 is 14.5 Å². The molecule has 0 saturated carbocycles. The minimum absolute atomic E-state index is 0.0233. The lowest BCUT2D eigenvalue weighted by Gasteiger charge is -2.10. The number of hydrogen-bond acceptors (Lipinski definition) is 4. The van der Waals surface area contributed by atoms with Gasteiger partial charge in [0.25, 0.3) is 5.91 Å². The Balaban J connectivity index is 1.82. The third kappa shape index (κ3) is 2.54. The second-order valence-electron chi connectivity index (χ2n) is 4.91. The van der Waals surface area contributed by atoms with Crippen LogP contribution >= 0.6 is 0 Å². The van der Waals surface area contributed by atoms with Gasteiger partial charge in [-0.25, -0.2) is 0 Å². The summed E-state index contributed by atoms with van der Waals surface area (Å²) in [4.78, 5) is 24.2. The van der Waals surface area contributed by atoms with Crippen LogP contribution in [-0.4, -0.2) is 18.8 Å². The third-order valence-electron chi connectivity index (χ3n) is 3.55. The Labute approximate surface area is 121 Å². The molecule has 0 aliphatic heterocycles. The maximum atomic E-state index is 12.3. The van der Waals surface area contributed by atoms with Crippen LogP contribution in [0.3, 0.4) is 0 Å². The summed E-state index contributed by atoms with van der Waals surface area (Å²) in [6.45, 7) is 0. The zero-order valence-electron chi connectivity index (χ0n) is 11.6. The number of benzene rings is 1. The van der Waals surface area contributed by atoms with E-state index in [9.17, 15) is 9.59 Å². The van der Waals surface area contributed by atoms with E-state index in [4.69, 9.17) is 9.15 Å². The van der Waals surface area contributed by atoms with E-state index in [-0.39, 0.29) is 11.7 Å². The Morgan fingerprint density at radius 1 is 1.24 bits per heavy atom. The van der Waals surface area contributed by atoms with Gasteiger partial charge in [-0.3, -0.25) is 9.59 Å². The average molecular weight is 285 g/mol. The van der Waals surface area contributed by atoms with E-state index in [1.807, 2.05) is 0 Å². The minimum Gasteiger partial charge on any atom is -0.497 e. The summed E-state index contributed by atoms with van der Waals surface area (Å²) in [5.41, 5.74) is 1.39. The normalized spacial score (nSPS) is 13.7. The maximum absolute atomic E-state index is 12.3. The fourth-order valence-electron chi connectivity index (χ4n) is 2.46. The minimum atomic E-state index is -0.333. The first kappa shape index (κ1) is 13.4. The zero-order chi connectivity index (χ0) is 14.8. The molecule has 0 unspecified atom stereocenters. The number of Topliss-reactive ketones (excluding diaryl/α,β-unsaturated/α-hetero) is 1. The summed E-state index contributed by atoms with van der Waals surface area (Å²) >= 11 is 0. The van der Waals surface area contributed by atoms with E-state index in [2.05, 4.69) is 5.32 Å². The number of ketones is 1. The number of anilines is 1. The summed E-state index contributed by atoms with van der Waals surface area (Å²) in [6.07, 6.45) is 3.32. The Bertz CT molecular complexity index is 685. The van der Waals surface area contributed by atoms with E-state index < -0.39 is 0 Å². The number of furan rings is 1. The second kappa shape index (κ2) is 5.44. The Kier molecular flexibility index (Phi) is 3.48. The number of fused-ring (bicyclic) bond motifs is 1. The molecule has 0 fully saturated rings. The number of methoxy groups -OCH3 is 1. The van der Waals surface area contributed by atoms with Gasteiger partial charge in [0.2, 0.25) is 0 Å². The van der Waals surface area contributed by atoms with Crippen molar-refractivity contribution < 1.29 is 18.7 Å². The highest BCUT2D eigenvalue weighted by molar-refractivity contribution is 6.13. The van der Waals surface area contributed by atoms with Gasteiger partial charge in [-0.15, -0.1) is 0 Å². The predicted octanol–water partition coefficient (Wildman–Crippen LogP) is 3.06. The molecule has 0 atom stereocenters. The molecule has 1 heterocycles. The Hall–Kier alpha value is -2.56. The van der Waals surface area contributed by atoms with Crippen molar-refractivity contribution in [2.24, 2.45) is 0 Å². The number of ether oxygens (including phenoxy) is 1. The summed E-state index contributed by atoms with van der Waals surface area (Å²) in [7, 11) is 1.58. The van der Waals surface area contributed by atoms with Crippen LogP contribution in [-0.2, 0) is 6.42 Å². The molecule has 0 saturated heterocycles. The quantitative estimate of drug-likeness (QED) is 0.941. The largest absolute Gasteiger partial charge is 0.497 e. The molecule has 1 aliphatic rings. The summed E-state index contributed by atoms with van der Waals surface area (Å²) in [6, 6.07) is 6.99. The van der Waals surface area contributed by atoms with Gasteiger partial charge in [0.05, 0.1) is 18.2 Å². The molecule has 5 heteroatoms. The first-order chi connectivity index (χ1) is 10.2. The number of rotatable bonds is 3. The first-order valence-corrected chi connectivity index (χ1v) is 6.78. The molecule has 1 aliphatic carbocycles. The highest BCUT2D eigenvalue weighted by Crippen LogP contribution is 2.27. The molecule has 3 rings (SSSR count). The smallest absolute Gasteiger partial charge is 0.259 e. The molecule has 5 nitrogen and oxygen atoms in total. The Morgan fingerprint density at radius 3 is 2.71 bits per heavy atom. The van der Waals surface area contributed by atoms with Crippen LogP contribution in [0.5, 0.6) is 5.75 Å². The molecule has 21 heavy (non-hydrogen) atoms. The fourth-order valence-corrected chi connectivity index (χ4v) is 2.46. The molecule has 1 N–H and O–H groups in total. The van der Waals surface area contributed by atoms with Crippen molar-refractivity contribution in [3.63, 3.8) is 0 Å². The lowest BCUT2D eigenvalue weighted by molar-refractivity contribution is 0.0955. The first-order valence-electron chi connectivity index (χ1n) is 6.78. The third-order valence-corrected chi connectivity index (χ3v) is 3.55. The maximum Gasteiger partial charge on any atom is 0.259 e. The number of nitrogens with one attached hydrogen (secondary N) is 1. The number of carbonyl (C=O) groups is 2. The van der Waals surface area contributed by atoms with Crippen molar-refractivity contribution in [1.82, 2.24) is 0 Å². The zero-order valence-corrected chi connectivity index (χ0v) is 11.6.